The number of hydrogen-bond acceptors (Lipinski definition) is 4. The van der Waals surface area contributed by atoms with Gasteiger partial charge < -0.3 is 15.3 Å². The minimum Gasteiger partial charge on any atom is -0.481 e. The number of aromatic nitrogens is 1. The summed E-state index contributed by atoms with van der Waals surface area (Å²) in [4.78, 5) is 15.6. The molecule has 1 aromatic heterocycles. The summed E-state index contributed by atoms with van der Waals surface area (Å²) in [6, 6.07) is 6.18. The number of hydrogen-bond donors (Lipinski definition) is 3. The van der Waals surface area contributed by atoms with Gasteiger partial charge in [0.15, 0.2) is 0 Å². The van der Waals surface area contributed by atoms with E-state index in [9.17, 15) is 19.4 Å². The van der Waals surface area contributed by atoms with Crippen LogP contribution in [0.5, 0.6) is 0 Å². The summed E-state index contributed by atoms with van der Waals surface area (Å²) in [7, 11) is 0. The van der Waals surface area contributed by atoms with E-state index in [2.05, 4.69) is 6.58 Å². The van der Waals surface area contributed by atoms with Crippen molar-refractivity contribution in [1.29, 1.82) is 0 Å². The van der Waals surface area contributed by atoms with Crippen LogP contribution in [0.25, 0.3) is 17.2 Å². The SMILES string of the molecule is C=CCCc1cc(-c2ccc(F)cc2Cl)c(/C=C/C(O)CC(O)CC(=O)O)c(C2CC2)n1. The lowest BCUT2D eigenvalue weighted by Crippen LogP contribution is -2.19. The second kappa shape index (κ2) is 10.9. The van der Waals surface area contributed by atoms with Gasteiger partial charge in [0.2, 0.25) is 0 Å². The summed E-state index contributed by atoms with van der Waals surface area (Å²) in [6.07, 6.45) is 5.87. The molecule has 3 rings (SSSR count). The van der Waals surface area contributed by atoms with Gasteiger partial charge in [0, 0.05) is 29.2 Å². The van der Waals surface area contributed by atoms with E-state index in [0.717, 1.165) is 41.8 Å². The van der Waals surface area contributed by atoms with E-state index in [0.29, 0.717) is 17.9 Å². The Bertz CT molecular complexity index is 1020. The fourth-order valence-electron chi connectivity index (χ4n) is 3.63. The van der Waals surface area contributed by atoms with E-state index in [1.165, 1.54) is 18.2 Å². The van der Waals surface area contributed by atoms with Crippen molar-refractivity contribution in [3.05, 3.63) is 70.8 Å². The molecule has 0 saturated heterocycles. The minimum absolute atomic E-state index is 0.0982. The Balaban J connectivity index is 2.02. The Morgan fingerprint density at radius 2 is 2.03 bits per heavy atom. The largest absolute Gasteiger partial charge is 0.481 e. The van der Waals surface area contributed by atoms with Crippen molar-refractivity contribution in [2.45, 2.75) is 56.7 Å². The molecule has 2 aromatic rings. The second-order valence-corrected chi connectivity index (χ2v) is 8.51. The number of aliphatic hydroxyl groups is 2. The molecule has 1 heterocycles. The van der Waals surface area contributed by atoms with Gasteiger partial charge in [-0.2, -0.15) is 0 Å². The van der Waals surface area contributed by atoms with Crippen LogP contribution in [0.15, 0.2) is 43.0 Å². The van der Waals surface area contributed by atoms with Crippen molar-refractivity contribution in [3.63, 3.8) is 0 Å². The monoisotopic (exact) mass is 459 g/mol. The zero-order chi connectivity index (χ0) is 23.3. The van der Waals surface area contributed by atoms with Gasteiger partial charge in [0.05, 0.1) is 29.3 Å². The van der Waals surface area contributed by atoms with Crippen molar-refractivity contribution in [3.8, 4) is 11.1 Å². The summed E-state index contributed by atoms with van der Waals surface area (Å²) in [6.45, 7) is 3.77. The number of nitrogens with zero attached hydrogens (tertiary/aromatic N) is 1. The van der Waals surface area contributed by atoms with Gasteiger partial charge >= 0.3 is 5.97 Å². The minimum atomic E-state index is -1.15. The number of carbonyl (C=O) groups is 1. The van der Waals surface area contributed by atoms with E-state index in [1.807, 2.05) is 12.1 Å². The predicted octanol–water partition coefficient (Wildman–Crippen LogP) is 5.14. The van der Waals surface area contributed by atoms with Crippen molar-refractivity contribution < 1.29 is 24.5 Å². The average molecular weight is 460 g/mol. The van der Waals surface area contributed by atoms with Crippen molar-refractivity contribution in [2.24, 2.45) is 0 Å². The molecule has 1 aliphatic rings. The zero-order valence-corrected chi connectivity index (χ0v) is 18.4. The molecular weight excluding hydrogens is 433 g/mol. The highest BCUT2D eigenvalue weighted by atomic mass is 35.5. The summed E-state index contributed by atoms with van der Waals surface area (Å²) < 4.78 is 13.7. The first kappa shape index (κ1) is 24.1. The summed E-state index contributed by atoms with van der Waals surface area (Å²) in [5.41, 5.74) is 4.03. The van der Waals surface area contributed by atoms with Crippen molar-refractivity contribution >= 4 is 23.6 Å². The molecule has 1 aromatic carbocycles. The lowest BCUT2D eigenvalue weighted by atomic mass is 9.94. The van der Waals surface area contributed by atoms with Crippen molar-refractivity contribution in [2.75, 3.05) is 0 Å². The molecule has 2 atom stereocenters. The van der Waals surface area contributed by atoms with E-state index in [4.69, 9.17) is 21.7 Å². The van der Waals surface area contributed by atoms with Crippen LogP contribution in [-0.2, 0) is 11.2 Å². The third-order valence-electron chi connectivity index (χ3n) is 5.34. The molecule has 1 fully saturated rings. The molecule has 0 spiro atoms. The fourth-order valence-corrected chi connectivity index (χ4v) is 3.90. The number of allylic oxidation sites excluding steroid dienone is 1. The quantitative estimate of drug-likeness (QED) is 0.405. The summed E-state index contributed by atoms with van der Waals surface area (Å²) in [5, 5.41) is 29.2. The smallest absolute Gasteiger partial charge is 0.305 e. The maximum absolute atomic E-state index is 13.7. The number of carboxylic acids is 1. The van der Waals surface area contributed by atoms with Gasteiger partial charge in [0.1, 0.15) is 5.82 Å². The molecule has 0 radical (unpaired) electrons. The number of aliphatic hydroxyl groups excluding tert-OH is 2. The van der Waals surface area contributed by atoms with Gasteiger partial charge in [-0.3, -0.25) is 9.78 Å². The van der Waals surface area contributed by atoms with E-state index in [-0.39, 0.29) is 11.4 Å². The Kier molecular flexibility index (Phi) is 8.18. The normalized spacial score (nSPS) is 15.6. The molecule has 1 aliphatic carbocycles. The second-order valence-electron chi connectivity index (χ2n) is 8.10. The van der Waals surface area contributed by atoms with Crippen LogP contribution in [0.3, 0.4) is 0 Å². The molecule has 5 nitrogen and oxygen atoms in total. The predicted molar refractivity (Wildman–Crippen MR) is 123 cm³/mol. The van der Waals surface area contributed by atoms with Gasteiger partial charge in [-0.1, -0.05) is 29.8 Å². The molecule has 170 valence electrons. The Hall–Kier alpha value is -2.54. The number of aliphatic carboxylic acids is 1. The fraction of sp³-hybridized carbons (Fsp3) is 0.360. The van der Waals surface area contributed by atoms with Crippen LogP contribution in [0.4, 0.5) is 4.39 Å². The van der Waals surface area contributed by atoms with Gasteiger partial charge in [0.25, 0.3) is 0 Å². The first-order chi connectivity index (χ1) is 15.3. The Morgan fingerprint density at radius 1 is 1.28 bits per heavy atom. The van der Waals surface area contributed by atoms with Gasteiger partial charge in [-0.05, 0) is 55.5 Å². The lowest BCUT2D eigenvalue weighted by molar-refractivity contribution is -0.139. The topological polar surface area (TPSA) is 90.7 Å². The maximum Gasteiger partial charge on any atom is 0.305 e. The highest BCUT2D eigenvalue weighted by Crippen LogP contribution is 2.44. The van der Waals surface area contributed by atoms with Crippen LogP contribution in [-0.4, -0.2) is 38.5 Å². The third kappa shape index (κ3) is 6.48. The highest BCUT2D eigenvalue weighted by Gasteiger charge is 2.29. The standard InChI is InChI=1S/C25H27ClFNO4/c1-2-3-4-17-12-22(20-9-7-16(27)11-23(20)26)21(25(28-17)15-5-6-15)10-8-18(29)13-19(30)14-24(31)32/h2,7-12,15,18-19,29-30H,1,3-6,13-14H2,(H,31,32)/b10-8+. The van der Waals surface area contributed by atoms with Crippen LogP contribution in [0.2, 0.25) is 5.02 Å². The summed E-state index contributed by atoms with van der Waals surface area (Å²) >= 11 is 6.38. The van der Waals surface area contributed by atoms with Gasteiger partial charge in [-0.25, -0.2) is 4.39 Å². The molecule has 0 aliphatic heterocycles. The number of halogens is 2. The van der Waals surface area contributed by atoms with E-state index in [1.54, 1.807) is 12.1 Å². The summed E-state index contributed by atoms with van der Waals surface area (Å²) in [5.74, 6) is -1.26. The molecule has 1 saturated carbocycles. The number of pyridine rings is 1. The van der Waals surface area contributed by atoms with Crippen LogP contribution in [0, 0.1) is 5.82 Å². The molecule has 2 unspecified atom stereocenters. The maximum atomic E-state index is 13.7. The first-order valence-corrected chi connectivity index (χ1v) is 11.0. The average Bonchev–Trinajstić information content (AvgIpc) is 3.55. The molecule has 0 amide bonds. The molecule has 7 heteroatoms. The van der Waals surface area contributed by atoms with Crippen molar-refractivity contribution in [1.82, 2.24) is 4.98 Å². The van der Waals surface area contributed by atoms with E-state index >= 15 is 0 Å². The van der Waals surface area contributed by atoms with Crippen LogP contribution >= 0.6 is 11.6 Å². The van der Waals surface area contributed by atoms with Crippen LogP contribution in [0.1, 0.15) is 55.0 Å². The number of aryl methyl sites for hydroxylation is 1. The molecular formula is C25H27ClFNO4. The Labute approximate surface area is 191 Å². The molecule has 3 N–H and O–H groups in total. The zero-order valence-electron chi connectivity index (χ0n) is 17.7. The van der Waals surface area contributed by atoms with Gasteiger partial charge in [-0.15, -0.1) is 6.58 Å². The van der Waals surface area contributed by atoms with E-state index < -0.39 is 30.4 Å². The number of benzene rings is 1. The first-order valence-electron chi connectivity index (χ1n) is 10.6. The number of rotatable bonds is 11. The third-order valence-corrected chi connectivity index (χ3v) is 5.65. The highest BCUT2D eigenvalue weighted by molar-refractivity contribution is 6.33. The molecule has 32 heavy (non-hydrogen) atoms. The number of carboxylic acid groups (broad SMARTS) is 1. The molecule has 0 bridgehead atoms. The lowest BCUT2D eigenvalue weighted by Gasteiger charge is -2.16. The Morgan fingerprint density at radius 3 is 2.66 bits per heavy atom. The van der Waals surface area contributed by atoms with Crippen LogP contribution < -0.4 is 0 Å².